The van der Waals surface area contributed by atoms with E-state index in [1.165, 1.54) is 17.7 Å². The number of hydrogen-bond donors (Lipinski definition) is 2. The molecule has 1 heterocycles. The van der Waals surface area contributed by atoms with Gasteiger partial charge in [-0.15, -0.1) is 0 Å². The molecule has 1 aromatic carbocycles. The number of nitrogens with one attached hydrogen (secondary N) is 2. The Bertz CT molecular complexity index is 799. The van der Waals surface area contributed by atoms with E-state index in [9.17, 15) is 13.2 Å². The van der Waals surface area contributed by atoms with E-state index in [-0.39, 0.29) is 16.8 Å². The molecule has 1 unspecified atom stereocenters. The van der Waals surface area contributed by atoms with Crippen LogP contribution in [0.5, 0.6) is 0 Å². The van der Waals surface area contributed by atoms with Gasteiger partial charge in [-0.1, -0.05) is 13.0 Å². The minimum atomic E-state index is -3.58. The van der Waals surface area contributed by atoms with Crippen LogP contribution in [-0.2, 0) is 16.4 Å². The second kappa shape index (κ2) is 7.92. The largest absolute Gasteiger partial charge is 0.349 e. The van der Waals surface area contributed by atoms with E-state index < -0.39 is 10.0 Å². The molecule has 1 amide bonds. The van der Waals surface area contributed by atoms with Gasteiger partial charge in [-0.2, -0.15) is 11.3 Å². The summed E-state index contributed by atoms with van der Waals surface area (Å²) in [6.07, 6.45) is 0.740. The number of sulfonamides is 1. The summed E-state index contributed by atoms with van der Waals surface area (Å²) in [6.45, 7) is 5.74. The van der Waals surface area contributed by atoms with Crippen LogP contribution in [0.4, 0.5) is 0 Å². The zero-order valence-corrected chi connectivity index (χ0v) is 15.6. The van der Waals surface area contributed by atoms with E-state index in [0.717, 1.165) is 12.0 Å². The Kier molecular flexibility index (Phi) is 6.15. The minimum Gasteiger partial charge on any atom is -0.349 e. The van der Waals surface area contributed by atoms with Crippen LogP contribution in [0, 0.1) is 6.92 Å². The quantitative estimate of drug-likeness (QED) is 0.791. The Morgan fingerprint density at radius 1 is 1.29 bits per heavy atom. The second-order valence-electron chi connectivity index (χ2n) is 5.69. The van der Waals surface area contributed by atoms with Crippen LogP contribution in [0.25, 0.3) is 0 Å². The van der Waals surface area contributed by atoms with Crippen molar-refractivity contribution in [3.8, 4) is 0 Å². The summed E-state index contributed by atoms with van der Waals surface area (Å²) in [7, 11) is -3.58. The third-order valence-corrected chi connectivity index (χ3v) is 5.87. The second-order valence-corrected chi connectivity index (χ2v) is 8.24. The Labute approximate surface area is 147 Å². The average molecular weight is 367 g/mol. The predicted octanol–water partition coefficient (Wildman–Crippen LogP) is 2.72. The van der Waals surface area contributed by atoms with Crippen molar-refractivity contribution in [1.29, 1.82) is 0 Å². The van der Waals surface area contributed by atoms with Crippen molar-refractivity contribution in [3.05, 3.63) is 51.7 Å². The molecule has 0 aliphatic carbocycles. The predicted molar refractivity (Wildman–Crippen MR) is 97.0 cm³/mol. The molecule has 1 atom stereocenters. The molecule has 24 heavy (non-hydrogen) atoms. The highest BCUT2D eigenvalue weighted by molar-refractivity contribution is 7.89. The lowest BCUT2D eigenvalue weighted by atomic mass is 10.1. The summed E-state index contributed by atoms with van der Waals surface area (Å²) in [6, 6.07) is 6.59. The number of amides is 1. The summed E-state index contributed by atoms with van der Waals surface area (Å²) in [5.74, 6) is -0.260. The van der Waals surface area contributed by atoms with Crippen LogP contribution in [0.3, 0.4) is 0 Å². The van der Waals surface area contributed by atoms with Crippen LogP contribution in [0.15, 0.2) is 39.9 Å². The van der Waals surface area contributed by atoms with Gasteiger partial charge in [-0.25, -0.2) is 13.1 Å². The topological polar surface area (TPSA) is 75.3 Å². The van der Waals surface area contributed by atoms with Crippen LogP contribution in [0.2, 0.25) is 0 Å². The molecule has 0 spiro atoms. The van der Waals surface area contributed by atoms with Gasteiger partial charge < -0.3 is 5.32 Å². The summed E-state index contributed by atoms with van der Waals surface area (Å²) in [5, 5.41) is 6.99. The molecular weight excluding hydrogens is 344 g/mol. The van der Waals surface area contributed by atoms with Gasteiger partial charge >= 0.3 is 0 Å². The number of benzene rings is 1. The molecule has 1 aromatic heterocycles. The molecule has 2 aromatic rings. The van der Waals surface area contributed by atoms with Crippen LogP contribution >= 0.6 is 11.3 Å². The smallest absolute Gasteiger partial charge is 0.251 e. The molecule has 2 N–H and O–H groups in total. The molecule has 2 rings (SSSR count). The maximum absolute atomic E-state index is 12.5. The third kappa shape index (κ3) is 4.66. The molecule has 130 valence electrons. The Morgan fingerprint density at radius 3 is 2.67 bits per heavy atom. The summed E-state index contributed by atoms with van der Waals surface area (Å²) in [4.78, 5) is 12.6. The van der Waals surface area contributed by atoms with Gasteiger partial charge in [-0.05, 0) is 60.4 Å². The van der Waals surface area contributed by atoms with E-state index in [2.05, 4.69) is 15.4 Å². The molecular formula is C17H22N2O3S2. The normalized spacial score (nSPS) is 12.8. The van der Waals surface area contributed by atoms with E-state index >= 15 is 0 Å². The standard InChI is InChI=1S/C17H22N2O3S2/c1-4-18-24(21,22)15-6-5-12(2)16(10-15)17(20)19-13(3)9-14-7-8-23-11-14/h5-8,10-11,13,18H,4,9H2,1-3H3,(H,19,20). The van der Waals surface area contributed by atoms with Gasteiger partial charge in [0, 0.05) is 18.2 Å². The van der Waals surface area contributed by atoms with Gasteiger partial charge in [-0.3, -0.25) is 4.79 Å². The van der Waals surface area contributed by atoms with Gasteiger partial charge in [0.1, 0.15) is 0 Å². The Morgan fingerprint density at radius 2 is 2.04 bits per heavy atom. The van der Waals surface area contributed by atoms with E-state index in [1.807, 2.05) is 18.4 Å². The number of aryl methyl sites for hydroxylation is 1. The molecule has 0 radical (unpaired) electrons. The first kappa shape index (κ1) is 18.6. The van der Waals surface area contributed by atoms with Crippen molar-refractivity contribution in [2.45, 2.75) is 38.1 Å². The molecule has 0 bridgehead atoms. The van der Waals surface area contributed by atoms with Crippen LogP contribution in [-0.4, -0.2) is 26.9 Å². The van der Waals surface area contributed by atoms with Crippen molar-refractivity contribution < 1.29 is 13.2 Å². The molecule has 0 fully saturated rings. The zero-order chi connectivity index (χ0) is 17.7. The molecule has 0 saturated carbocycles. The first-order valence-electron chi connectivity index (χ1n) is 7.75. The molecule has 0 aliphatic heterocycles. The van der Waals surface area contributed by atoms with Crippen LogP contribution in [0.1, 0.15) is 35.3 Å². The molecule has 7 heteroatoms. The number of rotatable bonds is 7. The fourth-order valence-electron chi connectivity index (χ4n) is 2.40. The highest BCUT2D eigenvalue weighted by atomic mass is 32.2. The van der Waals surface area contributed by atoms with Gasteiger partial charge in [0.05, 0.1) is 4.90 Å². The maximum Gasteiger partial charge on any atom is 0.251 e. The number of thiophene rings is 1. The number of hydrogen-bond acceptors (Lipinski definition) is 4. The number of carbonyl (C=O) groups is 1. The highest BCUT2D eigenvalue weighted by Crippen LogP contribution is 2.16. The molecule has 0 aliphatic rings. The Balaban J connectivity index is 2.16. The summed E-state index contributed by atoms with van der Waals surface area (Å²) >= 11 is 1.62. The number of carbonyl (C=O) groups excluding carboxylic acids is 1. The molecule has 0 saturated heterocycles. The lowest BCUT2D eigenvalue weighted by Crippen LogP contribution is -2.34. The summed E-state index contributed by atoms with van der Waals surface area (Å²) in [5.41, 5.74) is 2.30. The van der Waals surface area contributed by atoms with E-state index in [0.29, 0.717) is 12.1 Å². The fourth-order valence-corrected chi connectivity index (χ4v) is 4.15. The minimum absolute atomic E-state index is 0.0412. The fraction of sp³-hybridized carbons (Fsp3) is 0.353. The van der Waals surface area contributed by atoms with Crippen molar-refractivity contribution in [1.82, 2.24) is 10.0 Å². The van der Waals surface area contributed by atoms with Crippen LogP contribution < -0.4 is 10.0 Å². The van der Waals surface area contributed by atoms with Gasteiger partial charge in [0.25, 0.3) is 5.91 Å². The van der Waals surface area contributed by atoms with Gasteiger partial charge in [0.15, 0.2) is 0 Å². The average Bonchev–Trinajstić information content (AvgIpc) is 2.99. The third-order valence-electron chi connectivity index (χ3n) is 3.60. The lowest BCUT2D eigenvalue weighted by molar-refractivity contribution is 0.0939. The Hall–Kier alpha value is -1.70. The summed E-state index contributed by atoms with van der Waals surface area (Å²) < 4.78 is 26.7. The zero-order valence-electron chi connectivity index (χ0n) is 14.0. The molecule has 5 nitrogen and oxygen atoms in total. The maximum atomic E-state index is 12.5. The SMILES string of the molecule is CCNS(=O)(=O)c1ccc(C)c(C(=O)NC(C)Cc2ccsc2)c1. The monoisotopic (exact) mass is 366 g/mol. The van der Waals surface area contributed by atoms with Gasteiger partial charge in [0.2, 0.25) is 10.0 Å². The first-order valence-corrected chi connectivity index (χ1v) is 10.2. The van der Waals surface area contributed by atoms with E-state index in [4.69, 9.17) is 0 Å². The highest BCUT2D eigenvalue weighted by Gasteiger charge is 2.18. The van der Waals surface area contributed by atoms with Crippen molar-refractivity contribution in [2.24, 2.45) is 0 Å². The van der Waals surface area contributed by atoms with Crippen molar-refractivity contribution in [2.75, 3.05) is 6.54 Å². The van der Waals surface area contributed by atoms with Crippen molar-refractivity contribution in [3.63, 3.8) is 0 Å². The van der Waals surface area contributed by atoms with Crippen molar-refractivity contribution >= 4 is 27.3 Å². The first-order chi connectivity index (χ1) is 11.3. The van der Waals surface area contributed by atoms with E-state index in [1.54, 1.807) is 31.3 Å². The lowest BCUT2D eigenvalue weighted by Gasteiger charge is -2.15.